The molecule has 0 aliphatic rings. The van der Waals surface area contributed by atoms with Crippen LogP contribution in [0.15, 0.2) is 63.9 Å². The maximum atomic E-state index is 12.3. The number of aryl methyl sites for hydroxylation is 2. The van der Waals surface area contributed by atoms with Crippen LogP contribution in [0.25, 0.3) is 0 Å². The SMILES string of the molecule is COc1ccc(CNC(=O)c2ccc(CSc3c(C)cccc3C)o2)cc1. The molecule has 0 unspecified atom stereocenters. The van der Waals surface area contributed by atoms with E-state index in [1.54, 1.807) is 24.9 Å². The molecule has 0 radical (unpaired) electrons. The van der Waals surface area contributed by atoms with Crippen LogP contribution in [-0.4, -0.2) is 13.0 Å². The van der Waals surface area contributed by atoms with Crippen molar-refractivity contribution in [3.8, 4) is 5.75 Å². The third-order valence-corrected chi connectivity index (χ3v) is 5.63. The number of nitrogens with one attached hydrogen (secondary N) is 1. The Hall–Kier alpha value is -2.66. The van der Waals surface area contributed by atoms with E-state index in [2.05, 4.69) is 37.4 Å². The summed E-state index contributed by atoms with van der Waals surface area (Å²) in [5.41, 5.74) is 3.51. The van der Waals surface area contributed by atoms with Crippen molar-refractivity contribution in [3.63, 3.8) is 0 Å². The van der Waals surface area contributed by atoms with Crippen LogP contribution in [0.2, 0.25) is 0 Å². The number of hydrogen-bond donors (Lipinski definition) is 1. The molecule has 140 valence electrons. The molecule has 0 bridgehead atoms. The normalized spacial score (nSPS) is 10.6. The lowest BCUT2D eigenvalue weighted by atomic mass is 10.2. The van der Waals surface area contributed by atoms with Gasteiger partial charge in [0.15, 0.2) is 5.76 Å². The minimum atomic E-state index is -0.214. The van der Waals surface area contributed by atoms with Gasteiger partial charge in [0.1, 0.15) is 11.5 Å². The zero-order valence-electron chi connectivity index (χ0n) is 15.7. The third-order valence-electron chi connectivity index (χ3n) is 4.27. The van der Waals surface area contributed by atoms with Gasteiger partial charge in [-0.3, -0.25) is 4.79 Å². The molecular formula is C22H23NO3S. The van der Waals surface area contributed by atoms with E-state index in [1.165, 1.54) is 16.0 Å². The number of carbonyl (C=O) groups is 1. The van der Waals surface area contributed by atoms with Crippen LogP contribution in [0.5, 0.6) is 5.75 Å². The lowest BCUT2D eigenvalue weighted by molar-refractivity contribution is 0.0922. The van der Waals surface area contributed by atoms with Gasteiger partial charge in [-0.2, -0.15) is 0 Å². The number of benzene rings is 2. The molecule has 0 aliphatic heterocycles. The van der Waals surface area contributed by atoms with E-state index in [0.717, 1.165) is 17.1 Å². The molecule has 0 atom stereocenters. The quantitative estimate of drug-likeness (QED) is 0.577. The van der Waals surface area contributed by atoms with Gasteiger partial charge in [0.05, 0.1) is 12.9 Å². The predicted octanol–water partition coefficient (Wildman–Crippen LogP) is 5.13. The smallest absolute Gasteiger partial charge is 0.287 e. The summed E-state index contributed by atoms with van der Waals surface area (Å²) in [5.74, 6) is 2.39. The van der Waals surface area contributed by atoms with Gasteiger partial charge < -0.3 is 14.5 Å². The average molecular weight is 381 g/mol. The lowest BCUT2D eigenvalue weighted by Crippen LogP contribution is -2.22. The van der Waals surface area contributed by atoms with Crippen LogP contribution in [-0.2, 0) is 12.3 Å². The first-order valence-electron chi connectivity index (χ1n) is 8.75. The van der Waals surface area contributed by atoms with Gasteiger partial charge in [-0.25, -0.2) is 0 Å². The Labute approximate surface area is 163 Å². The molecule has 4 nitrogen and oxygen atoms in total. The minimum Gasteiger partial charge on any atom is -0.497 e. The number of methoxy groups -OCH3 is 1. The Morgan fingerprint density at radius 1 is 1.04 bits per heavy atom. The molecule has 0 saturated heterocycles. The Morgan fingerprint density at radius 3 is 2.41 bits per heavy atom. The van der Waals surface area contributed by atoms with Gasteiger partial charge in [-0.15, -0.1) is 11.8 Å². The number of rotatable bonds is 7. The van der Waals surface area contributed by atoms with E-state index in [9.17, 15) is 4.79 Å². The molecule has 1 N–H and O–H groups in total. The van der Waals surface area contributed by atoms with Gasteiger partial charge in [0.25, 0.3) is 5.91 Å². The maximum absolute atomic E-state index is 12.3. The van der Waals surface area contributed by atoms with Crippen molar-refractivity contribution in [2.75, 3.05) is 7.11 Å². The van der Waals surface area contributed by atoms with E-state index in [1.807, 2.05) is 30.3 Å². The fraction of sp³-hybridized carbons (Fsp3) is 0.227. The monoisotopic (exact) mass is 381 g/mol. The van der Waals surface area contributed by atoms with E-state index in [-0.39, 0.29) is 5.91 Å². The van der Waals surface area contributed by atoms with E-state index in [4.69, 9.17) is 9.15 Å². The predicted molar refractivity (Wildman–Crippen MR) is 108 cm³/mol. The molecule has 1 amide bonds. The number of amides is 1. The molecule has 0 saturated carbocycles. The zero-order chi connectivity index (χ0) is 19.2. The summed E-state index contributed by atoms with van der Waals surface area (Å²) in [6.45, 7) is 4.65. The molecule has 5 heteroatoms. The summed E-state index contributed by atoms with van der Waals surface area (Å²) in [4.78, 5) is 13.6. The number of carbonyl (C=O) groups excluding carboxylic acids is 1. The lowest BCUT2D eigenvalue weighted by Gasteiger charge is -2.08. The van der Waals surface area contributed by atoms with Crippen molar-refractivity contribution in [2.24, 2.45) is 0 Å². The topological polar surface area (TPSA) is 51.5 Å². The van der Waals surface area contributed by atoms with Crippen LogP contribution in [0.4, 0.5) is 0 Å². The summed E-state index contributed by atoms with van der Waals surface area (Å²) >= 11 is 1.73. The highest BCUT2D eigenvalue weighted by molar-refractivity contribution is 7.98. The third kappa shape index (κ3) is 4.95. The molecule has 2 aromatic carbocycles. The minimum absolute atomic E-state index is 0.214. The molecule has 1 aromatic heterocycles. The first-order valence-corrected chi connectivity index (χ1v) is 9.74. The van der Waals surface area contributed by atoms with Gasteiger partial charge in [-0.05, 0) is 54.8 Å². The standard InChI is InChI=1S/C22H23NO3S/c1-15-5-4-6-16(2)21(15)27-14-19-11-12-20(26-19)22(24)23-13-17-7-9-18(25-3)10-8-17/h4-12H,13-14H2,1-3H3,(H,23,24). The van der Waals surface area contributed by atoms with E-state index < -0.39 is 0 Å². The highest BCUT2D eigenvalue weighted by atomic mass is 32.2. The Morgan fingerprint density at radius 2 is 1.74 bits per heavy atom. The molecule has 3 aromatic rings. The molecule has 0 aliphatic carbocycles. The van der Waals surface area contributed by atoms with Crippen molar-refractivity contribution in [3.05, 3.63) is 82.8 Å². The van der Waals surface area contributed by atoms with Gasteiger partial charge in [0, 0.05) is 11.4 Å². The van der Waals surface area contributed by atoms with Crippen LogP contribution in [0.3, 0.4) is 0 Å². The van der Waals surface area contributed by atoms with Crippen LogP contribution >= 0.6 is 11.8 Å². The molecular weight excluding hydrogens is 358 g/mol. The maximum Gasteiger partial charge on any atom is 0.287 e. The second-order valence-corrected chi connectivity index (χ2v) is 7.29. The van der Waals surface area contributed by atoms with Gasteiger partial charge in [-0.1, -0.05) is 30.3 Å². The molecule has 3 rings (SSSR count). The van der Waals surface area contributed by atoms with Crippen molar-refractivity contribution < 1.29 is 13.9 Å². The van der Waals surface area contributed by atoms with Crippen molar-refractivity contribution in [1.29, 1.82) is 0 Å². The van der Waals surface area contributed by atoms with Crippen molar-refractivity contribution in [1.82, 2.24) is 5.32 Å². The second kappa shape index (κ2) is 8.82. The number of thioether (sulfide) groups is 1. The summed E-state index contributed by atoms with van der Waals surface area (Å²) in [6.07, 6.45) is 0. The van der Waals surface area contributed by atoms with Gasteiger partial charge >= 0.3 is 0 Å². The van der Waals surface area contributed by atoms with Crippen molar-refractivity contribution in [2.45, 2.75) is 31.0 Å². The number of hydrogen-bond acceptors (Lipinski definition) is 4. The highest BCUT2D eigenvalue weighted by Crippen LogP contribution is 2.29. The molecule has 1 heterocycles. The second-order valence-electron chi connectivity index (χ2n) is 6.31. The van der Waals surface area contributed by atoms with Crippen LogP contribution < -0.4 is 10.1 Å². The summed E-state index contributed by atoms with van der Waals surface area (Å²) in [7, 11) is 1.63. The molecule has 0 fully saturated rings. The number of ether oxygens (including phenoxy) is 1. The fourth-order valence-corrected chi connectivity index (χ4v) is 3.79. The number of furan rings is 1. The average Bonchev–Trinajstić information content (AvgIpc) is 3.15. The van der Waals surface area contributed by atoms with Crippen LogP contribution in [0, 0.1) is 13.8 Å². The fourth-order valence-electron chi connectivity index (χ4n) is 2.76. The van der Waals surface area contributed by atoms with E-state index in [0.29, 0.717) is 18.1 Å². The molecule has 0 spiro atoms. The highest BCUT2D eigenvalue weighted by Gasteiger charge is 2.12. The summed E-state index contributed by atoms with van der Waals surface area (Å²) in [5, 5.41) is 2.88. The van der Waals surface area contributed by atoms with Crippen LogP contribution in [0.1, 0.15) is 33.0 Å². The van der Waals surface area contributed by atoms with Crippen molar-refractivity contribution >= 4 is 17.7 Å². The summed E-state index contributed by atoms with van der Waals surface area (Å²) < 4.78 is 10.9. The molecule has 27 heavy (non-hydrogen) atoms. The van der Waals surface area contributed by atoms with Gasteiger partial charge in [0.2, 0.25) is 0 Å². The Balaban J connectivity index is 1.55. The zero-order valence-corrected chi connectivity index (χ0v) is 16.6. The first kappa shape index (κ1) is 19.1. The van der Waals surface area contributed by atoms with E-state index >= 15 is 0 Å². The largest absolute Gasteiger partial charge is 0.497 e. The first-order chi connectivity index (χ1) is 13.1. The Kier molecular flexibility index (Phi) is 6.24. The summed E-state index contributed by atoms with van der Waals surface area (Å²) in [6, 6.07) is 17.5. The Bertz CT molecular complexity index is 895.